The van der Waals surface area contributed by atoms with E-state index >= 15 is 0 Å². The number of rotatable bonds is 50. The molecule has 2 fully saturated rings. The zero-order valence-electron chi connectivity index (χ0n) is 48.9. The number of aliphatic hydroxyl groups is 8. The van der Waals surface area contributed by atoms with E-state index in [9.17, 15) is 45.6 Å². The van der Waals surface area contributed by atoms with Crippen LogP contribution in [0.4, 0.5) is 0 Å². The van der Waals surface area contributed by atoms with E-state index in [1.165, 1.54) is 161 Å². The fraction of sp³-hybridized carbons (Fsp3) is 0.828. The highest BCUT2D eigenvalue weighted by molar-refractivity contribution is 5.76. The summed E-state index contributed by atoms with van der Waals surface area (Å²) < 4.78 is 22.6. The van der Waals surface area contributed by atoms with E-state index in [-0.39, 0.29) is 18.9 Å². The van der Waals surface area contributed by atoms with Crippen LogP contribution in [0, 0.1) is 0 Å². The van der Waals surface area contributed by atoms with Crippen molar-refractivity contribution < 1.29 is 64.6 Å². The predicted octanol–water partition coefficient (Wildman–Crippen LogP) is 11.3. The molecule has 12 atom stereocenters. The molecule has 2 aliphatic heterocycles. The molecular formula is C64H115NO13. The Morgan fingerprint density at radius 1 is 0.462 bits per heavy atom. The zero-order valence-corrected chi connectivity index (χ0v) is 48.9. The van der Waals surface area contributed by atoms with E-state index < -0.39 is 86.8 Å². The Labute approximate surface area is 473 Å². The van der Waals surface area contributed by atoms with Crippen molar-refractivity contribution in [2.45, 2.75) is 319 Å². The molecular weight excluding hydrogens is 991 g/mol. The molecule has 0 radical (unpaired) electrons. The number of hydrogen-bond donors (Lipinski definition) is 9. The van der Waals surface area contributed by atoms with Gasteiger partial charge in [0, 0.05) is 6.42 Å². The lowest BCUT2D eigenvalue weighted by atomic mass is 9.97. The second-order valence-corrected chi connectivity index (χ2v) is 22.2. The summed E-state index contributed by atoms with van der Waals surface area (Å²) in [6.07, 6.45) is 47.8. The van der Waals surface area contributed by atoms with Gasteiger partial charge in [0.1, 0.15) is 48.8 Å². The van der Waals surface area contributed by atoms with Crippen LogP contribution in [0.1, 0.15) is 245 Å². The number of allylic oxidation sites excluding steroid dienone is 9. The van der Waals surface area contributed by atoms with Gasteiger partial charge in [0.25, 0.3) is 0 Å². The molecule has 14 nitrogen and oxygen atoms in total. The van der Waals surface area contributed by atoms with Crippen LogP contribution in [-0.2, 0) is 23.7 Å². The van der Waals surface area contributed by atoms with Gasteiger partial charge in [0.15, 0.2) is 12.6 Å². The van der Waals surface area contributed by atoms with Crippen LogP contribution in [0.5, 0.6) is 0 Å². The summed E-state index contributed by atoms with van der Waals surface area (Å²) in [7, 11) is 0. The van der Waals surface area contributed by atoms with Crippen LogP contribution in [0.2, 0.25) is 0 Å². The zero-order chi connectivity index (χ0) is 56.7. The Hall–Kier alpha value is -2.31. The fourth-order valence-corrected chi connectivity index (χ4v) is 10.1. The van der Waals surface area contributed by atoms with Crippen molar-refractivity contribution in [3.63, 3.8) is 0 Å². The molecule has 12 unspecified atom stereocenters. The van der Waals surface area contributed by atoms with Crippen molar-refractivity contribution in [1.29, 1.82) is 0 Å². The first-order valence-corrected chi connectivity index (χ1v) is 31.5. The van der Waals surface area contributed by atoms with E-state index in [4.69, 9.17) is 18.9 Å². The SMILES string of the molecule is CCC/C=C/CC/C=C/C(O)C(COC1OC(CO)C(OC2OC(CO)C(O)C(O)C2O)C(O)C1O)NC(=O)CCCCCCCCCCCCCCCCCCCCCCCC/C=C\C/C=C\C/C=C\CCCCCCC. The standard InChI is InChI=1S/C64H115NO13/c1-3-5-7-9-11-12-13-14-15-16-17-18-19-20-21-22-23-24-25-26-27-28-29-30-31-32-33-34-35-36-37-38-39-40-42-44-46-48-56(69)65-52(53(68)47-45-43-41-10-8-6-4-2)51-75-63-61(74)59(72)62(55(50-67)77-63)78-64-60(73)58(71)57(70)54(49-66)76-64/h8,10,13-14,16-17,19-20,45,47,52-55,57-64,66-68,70-74H,3-7,9,11-12,15,18,21-44,46,48-51H2,1-2H3,(H,65,69)/b10-8+,14-13-,17-16-,20-19-,47-45+. The van der Waals surface area contributed by atoms with E-state index in [1.54, 1.807) is 6.08 Å². The van der Waals surface area contributed by atoms with Gasteiger partial charge in [-0.1, -0.05) is 235 Å². The lowest BCUT2D eigenvalue weighted by Gasteiger charge is -2.46. The maximum absolute atomic E-state index is 13.2. The van der Waals surface area contributed by atoms with Crippen LogP contribution in [0.15, 0.2) is 60.8 Å². The van der Waals surface area contributed by atoms with Crippen molar-refractivity contribution in [2.75, 3.05) is 19.8 Å². The first-order valence-electron chi connectivity index (χ1n) is 31.5. The Balaban J connectivity index is 1.52. The predicted molar refractivity (Wildman–Crippen MR) is 314 cm³/mol. The van der Waals surface area contributed by atoms with Crippen molar-refractivity contribution in [3.8, 4) is 0 Å². The van der Waals surface area contributed by atoms with Gasteiger partial charge in [-0.3, -0.25) is 4.79 Å². The first kappa shape index (κ1) is 71.8. The molecule has 0 bridgehead atoms. The van der Waals surface area contributed by atoms with Gasteiger partial charge in [0.2, 0.25) is 5.91 Å². The molecule has 2 heterocycles. The molecule has 2 rings (SSSR count). The van der Waals surface area contributed by atoms with Crippen molar-refractivity contribution in [3.05, 3.63) is 60.8 Å². The molecule has 0 saturated carbocycles. The summed E-state index contributed by atoms with van der Waals surface area (Å²) in [5.41, 5.74) is 0. The van der Waals surface area contributed by atoms with E-state index in [0.717, 1.165) is 51.4 Å². The highest BCUT2D eigenvalue weighted by Crippen LogP contribution is 2.30. The smallest absolute Gasteiger partial charge is 0.220 e. The molecule has 454 valence electrons. The van der Waals surface area contributed by atoms with Gasteiger partial charge in [-0.05, 0) is 64.2 Å². The quantitative estimate of drug-likeness (QED) is 0.0204. The van der Waals surface area contributed by atoms with Crippen LogP contribution < -0.4 is 5.32 Å². The molecule has 1 amide bonds. The second kappa shape index (κ2) is 49.3. The van der Waals surface area contributed by atoms with Gasteiger partial charge < -0.3 is 65.1 Å². The second-order valence-electron chi connectivity index (χ2n) is 22.2. The summed E-state index contributed by atoms with van der Waals surface area (Å²) >= 11 is 0. The third-order valence-corrected chi connectivity index (χ3v) is 15.2. The van der Waals surface area contributed by atoms with Crippen LogP contribution in [-0.4, -0.2) is 140 Å². The van der Waals surface area contributed by atoms with Crippen LogP contribution in [0.25, 0.3) is 0 Å². The third kappa shape index (κ3) is 34.2. The minimum absolute atomic E-state index is 0.252. The molecule has 2 saturated heterocycles. The van der Waals surface area contributed by atoms with Crippen LogP contribution in [0.3, 0.4) is 0 Å². The summed E-state index contributed by atoms with van der Waals surface area (Å²) in [4.78, 5) is 13.2. The van der Waals surface area contributed by atoms with Crippen molar-refractivity contribution in [2.24, 2.45) is 0 Å². The number of nitrogens with one attached hydrogen (secondary N) is 1. The summed E-state index contributed by atoms with van der Waals surface area (Å²) in [5.74, 6) is -0.252. The van der Waals surface area contributed by atoms with Gasteiger partial charge in [-0.25, -0.2) is 0 Å². The number of unbranched alkanes of at least 4 members (excludes halogenated alkanes) is 29. The molecule has 0 aliphatic carbocycles. The van der Waals surface area contributed by atoms with Crippen molar-refractivity contribution >= 4 is 5.91 Å². The summed E-state index contributed by atoms with van der Waals surface area (Å²) in [6.45, 7) is 2.65. The highest BCUT2D eigenvalue weighted by atomic mass is 16.7. The number of amides is 1. The highest BCUT2D eigenvalue weighted by Gasteiger charge is 2.51. The minimum atomic E-state index is -1.79. The first-order chi connectivity index (χ1) is 38.1. The molecule has 9 N–H and O–H groups in total. The monoisotopic (exact) mass is 1110 g/mol. The topological polar surface area (TPSA) is 228 Å². The average molecular weight is 1110 g/mol. The molecule has 0 spiro atoms. The average Bonchev–Trinajstić information content (AvgIpc) is 3.46. The summed E-state index contributed by atoms with van der Waals surface area (Å²) in [5, 5.41) is 86.6. The van der Waals surface area contributed by atoms with E-state index in [2.05, 4.69) is 67.8 Å². The Morgan fingerprint density at radius 2 is 0.885 bits per heavy atom. The molecule has 14 heteroatoms. The number of aliphatic hydroxyl groups excluding tert-OH is 8. The maximum atomic E-state index is 13.2. The molecule has 0 aromatic rings. The van der Waals surface area contributed by atoms with E-state index in [1.807, 2.05) is 6.08 Å². The molecule has 78 heavy (non-hydrogen) atoms. The number of carbonyl (C=O) groups is 1. The van der Waals surface area contributed by atoms with Gasteiger partial charge in [-0.15, -0.1) is 0 Å². The molecule has 2 aliphatic rings. The summed E-state index contributed by atoms with van der Waals surface area (Å²) in [6, 6.07) is -0.928. The number of ether oxygens (including phenoxy) is 4. The van der Waals surface area contributed by atoms with Gasteiger partial charge in [-0.2, -0.15) is 0 Å². The van der Waals surface area contributed by atoms with Gasteiger partial charge in [0.05, 0.1) is 32.0 Å². The minimum Gasteiger partial charge on any atom is -0.394 e. The molecule has 0 aromatic heterocycles. The lowest BCUT2D eigenvalue weighted by Crippen LogP contribution is -2.65. The van der Waals surface area contributed by atoms with Crippen molar-refractivity contribution in [1.82, 2.24) is 5.32 Å². The Morgan fingerprint density at radius 3 is 1.38 bits per heavy atom. The normalized spacial score (nSPS) is 24.9. The number of hydrogen-bond acceptors (Lipinski definition) is 13. The van der Waals surface area contributed by atoms with E-state index in [0.29, 0.717) is 12.8 Å². The fourth-order valence-electron chi connectivity index (χ4n) is 10.1. The number of carbonyl (C=O) groups excluding carboxylic acids is 1. The maximum Gasteiger partial charge on any atom is 0.220 e. The van der Waals surface area contributed by atoms with Gasteiger partial charge >= 0.3 is 0 Å². The Bertz CT molecular complexity index is 1540. The van der Waals surface area contributed by atoms with Crippen LogP contribution >= 0.6 is 0 Å². The largest absolute Gasteiger partial charge is 0.394 e. The lowest BCUT2D eigenvalue weighted by molar-refractivity contribution is -0.359. The molecule has 0 aromatic carbocycles. The Kier molecular flexibility index (Phi) is 45.4. The third-order valence-electron chi connectivity index (χ3n) is 15.2.